The molecule has 2 aromatic rings. The van der Waals surface area contributed by atoms with Crippen LogP contribution in [-0.2, 0) is 0 Å². The van der Waals surface area contributed by atoms with Crippen LogP contribution in [0, 0.1) is 0 Å². The molecule has 0 unspecified atom stereocenters. The minimum Gasteiger partial charge on any atom is -0.508 e. The van der Waals surface area contributed by atoms with Crippen molar-refractivity contribution in [3.8, 4) is 5.75 Å². The molecule has 1 atom stereocenters. The van der Waals surface area contributed by atoms with Crippen LogP contribution in [0.2, 0.25) is 0 Å². The zero-order valence-electron chi connectivity index (χ0n) is 9.78. The van der Waals surface area contributed by atoms with E-state index in [0.717, 1.165) is 0 Å². The number of carbonyl (C=O) groups is 1. The zero-order chi connectivity index (χ0) is 13.0. The molecule has 92 valence electrons. The maximum absolute atomic E-state index is 11.9. The van der Waals surface area contributed by atoms with E-state index in [-0.39, 0.29) is 18.0 Å². The van der Waals surface area contributed by atoms with Crippen LogP contribution in [-0.4, -0.2) is 16.0 Å². The number of phenolic OH excluding ortho intramolecular Hbond substituents is 1. The van der Waals surface area contributed by atoms with Gasteiger partial charge in [-0.25, -0.2) is 0 Å². The Hall–Kier alpha value is -2.13. The van der Waals surface area contributed by atoms with Crippen LogP contribution >= 0.6 is 0 Å². The van der Waals surface area contributed by atoms with Gasteiger partial charge in [-0.1, -0.05) is 42.5 Å². The molecule has 0 fully saturated rings. The summed E-state index contributed by atoms with van der Waals surface area (Å²) in [4.78, 5) is 11.9. The Morgan fingerprint density at radius 2 is 1.78 bits per heavy atom. The van der Waals surface area contributed by atoms with Crippen molar-refractivity contribution < 1.29 is 15.0 Å². The second-order valence-corrected chi connectivity index (χ2v) is 4.10. The van der Waals surface area contributed by atoms with Crippen LogP contribution in [0.5, 0.6) is 5.75 Å². The monoisotopic (exact) mass is 242 g/mol. The van der Waals surface area contributed by atoms with Crippen molar-refractivity contribution in [2.45, 2.75) is 12.5 Å². The maximum Gasteiger partial charge on any atom is 0.165 e. The number of rotatable bonds is 4. The molecule has 0 aliphatic heterocycles. The number of aliphatic hydroxyl groups is 1. The van der Waals surface area contributed by atoms with Crippen LogP contribution in [0.25, 0.3) is 0 Å². The molecule has 2 rings (SSSR count). The molecule has 2 N–H and O–H groups in total. The fraction of sp³-hybridized carbons (Fsp3) is 0.133. The first kappa shape index (κ1) is 12.3. The van der Waals surface area contributed by atoms with Crippen molar-refractivity contribution in [1.29, 1.82) is 0 Å². The molecule has 0 radical (unpaired) electrons. The van der Waals surface area contributed by atoms with E-state index < -0.39 is 6.10 Å². The molecule has 3 heteroatoms. The van der Waals surface area contributed by atoms with E-state index >= 15 is 0 Å². The van der Waals surface area contributed by atoms with E-state index in [1.165, 1.54) is 12.1 Å². The van der Waals surface area contributed by atoms with Gasteiger partial charge in [0.2, 0.25) is 0 Å². The van der Waals surface area contributed by atoms with Crippen molar-refractivity contribution in [3.63, 3.8) is 0 Å². The molecule has 0 spiro atoms. The zero-order valence-corrected chi connectivity index (χ0v) is 9.78. The van der Waals surface area contributed by atoms with E-state index in [1.807, 2.05) is 6.07 Å². The van der Waals surface area contributed by atoms with Gasteiger partial charge in [0.15, 0.2) is 5.78 Å². The minimum absolute atomic E-state index is 0.00741. The largest absolute Gasteiger partial charge is 0.508 e. The van der Waals surface area contributed by atoms with E-state index in [1.54, 1.807) is 36.4 Å². The second-order valence-electron chi connectivity index (χ2n) is 4.10. The summed E-state index contributed by atoms with van der Waals surface area (Å²) < 4.78 is 0. The highest BCUT2D eigenvalue weighted by atomic mass is 16.3. The van der Waals surface area contributed by atoms with E-state index in [9.17, 15) is 15.0 Å². The molecule has 18 heavy (non-hydrogen) atoms. The molecule has 3 nitrogen and oxygen atoms in total. The van der Waals surface area contributed by atoms with Gasteiger partial charge in [-0.3, -0.25) is 4.79 Å². The first-order valence-corrected chi connectivity index (χ1v) is 5.72. The third-order valence-corrected chi connectivity index (χ3v) is 2.73. The predicted octanol–water partition coefficient (Wildman–Crippen LogP) is 2.70. The minimum atomic E-state index is -0.898. The Bertz CT molecular complexity index is 534. The van der Waals surface area contributed by atoms with E-state index in [4.69, 9.17) is 0 Å². The highest BCUT2D eigenvalue weighted by Gasteiger charge is 2.14. The van der Waals surface area contributed by atoms with E-state index in [0.29, 0.717) is 11.1 Å². The second kappa shape index (κ2) is 5.47. The molecule has 2 aromatic carbocycles. The van der Waals surface area contributed by atoms with Crippen LogP contribution < -0.4 is 0 Å². The SMILES string of the molecule is O=C(C[C@@H](O)c1cccc(O)c1)c1ccccc1. The van der Waals surface area contributed by atoms with Gasteiger partial charge < -0.3 is 10.2 Å². The number of Topliss-reactive ketones (excluding diaryl/α,β-unsaturated/α-hetero) is 1. The van der Waals surface area contributed by atoms with Crippen LogP contribution in [0.15, 0.2) is 54.6 Å². The lowest BCUT2D eigenvalue weighted by molar-refractivity contribution is 0.0879. The summed E-state index contributed by atoms with van der Waals surface area (Å²) in [6, 6.07) is 15.2. The normalized spacial score (nSPS) is 12.1. The third kappa shape index (κ3) is 2.96. The van der Waals surface area contributed by atoms with Crippen molar-refractivity contribution in [3.05, 3.63) is 65.7 Å². The first-order valence-electron chi connectivity index (χ1n) is 5.72. The van der Waals surface area contributed by atoms with Gasteiger partial charge in [0.25, 0.3) is 0 Å². The highest BCUT2D eigenvalue weighted by Crippen LogP contribution is 2.22. The molecule has 0 saturated heterocycles. The summed E-state index contributed by atoms with van der Waals surface area (Å²) in [6.07, 6.45) is -0.891. The summed E-state index contributed by atoms with van der Waals surface area (Å²) in [5.74, 6) is -0.0369. The van der Waals surface area contributed by atoms with E-state index in [2.05, 4.69) is 0 Å². The van der Waals surface area contributed by atoms with Gasteiger partial charge in [-0.2, -0.15) is 0 Å². The van der Waals surface area contributed by atoms with Crippen molar-refractivity contribution in [2.24, 2.45) is 0 Å². The third-order valence-electron chi connectivity index (χ3n) is 2.73. The summed E-state index contributed by atoms with van der Waals surface area (Å²) in [5, 5.41) is 19.3. The molecule has 0 aliphatic rings. The number of ketones is 1. The van der Waals surface area contributed by atoms with Crippen LogP contribution in [0.4, 0.5) is 0 Å². The van der Waals surface area contributed by atoms with Crippen molar-refractivity contribution >= 4 is 5.78 Å². The number of aromatic hydroxyl groups is 1. The van der Waals surface area contributed by atoms with Crippen LogP contribution in [0.1, 0.15) is 28.4 Å². The molecular weight excluding hydrogens is 228 g/mol. The number of hydrogen-bond acceptors (Lipinski definition) is 3. The molecule has 0 bridgehead atoms. The Morgan fingerprint density at radius 1 is 1.06 bits per heavy atom. The van der Waals surface area contributed by atoms with Crippen LogP contribution in [0.3, 0.4) is 0 Å². The summed E-state index contributed by atoms with van der Waals surface area (Å²) in [5.41, 5.74) is 1.12. The van der Waals surface area contributed by atoms with Crippen molar-refractivity contribution in [1.82, 2.24) is 0 Å². The molecule has 0 saturated carbocycles. The maximum atomic E-state index is 11.9. The first-order chi connectivity index (χ1) is 8.66. The number of benzene rings is 2. The molecule has 0 aliphatic carbocycles. The standard InChI is InChI=1S/C15H14O3/c16-13-8-4-7-12(9-13)15(18)10-14(17)11-5-2-1-3-6-11/h1-9,15-16,18H,10H2/t15-/m1/s1. The molecule has 0 amide bonds. The summed E-state index contributed by atoms with van der Waals surface area (Å²) >= 11 is 0. The van der Waals surface area contributed by atoms with Gasteiger partial charge in [0, 0.05) is 12.0 Å². The van der Waals surface area contributed by atoms with Gasteiger partial charge in [0.1, 0.15) is 5.75 Å². The average Bonchev–Trinajstić information content (AvgIpc) is 2.39. The Morgan fingerprint density at radius 3 is 2.44 bits per heavy atom. The lowest BCUT2D eigenvalue weighted by Crippen LogP contribution is -2.06. The Kier molecular flexibility index (Phi) is 3.75. The van der Waals surface area contributed by atoms with Gasteiger partial charge in [0.05, 0.1) is 6.10 Å². The molecule has 0 aromatic heterocycles. The predicted molar refractivity (Wildman–Crippen MR) is 68.5 cm³/mol. The van der Waals surface area contributed by atoms with Crippen molar-refractivity contribution in [2.75, 3.05) is 0 Å². The fourth-order valence-corrected chi connectivity index (χ4v) is 1.77. The lowest BCUT2D eigenvalue weighted by atomic mass is 10.0. The van der Waals surface area contributed by atoms with Gasteiger partial charge >= 0.3 is 0 Å². The summed E-state index contributed by atoms with van der Waals surface area (Å²) in [6.45, 7) is 0. The topological polar surface area (TPSA) is 57.5 Å². The Labute approximate surface area is 105 Å². The average molecular weight is 242 g/mol. The lowest BCUT2D eigenvalue weighted by Gasteiger charge is -2.10. The van der Waals surface area contributed by atoms with Gasteiger partial charge in [-0.15, -0.1) is 0 Å². The quantitative estimate of drug-likeness (QED) is 0.810. The number of aliphatic hydroxyl groups excluding tert-OH is 1. The molecule has 0 heterocycles. The molecular formula is C15H14O3. The Balaban J connectivity index is 2.08. The number of phenols is 1. The smallest absolute Gasteiger partial charge is 0.165 e. The number of carbonyl (C=O) groups excluding carboxylic acids is 1. The number of hydrogen-bond donors (Lipinski definition) is 2. The summed E-state index contributed by atoms with van der Waals surface area (Å²) in [7, 11) is 0. The highest BCUT2D eigenvalue weighted by molar-refractivity contribution is 5.96. The van der Waals surface area contributed by atoms with Gasteiger partial charge in [-0.05, 0) is 17.7 Å². The fourth-order valence-electron chi connectivity index (χ4n) is 1.77.